The predicted octanol–water partition coefficient (Wildman–Crippen LogP) is 2.14. The molecule has 0 saturated heterocycles. The first-order chi connectivity index (χ1) is 8.06. The highest BCUT2D eigenvalue weighted by atomic mass is 16.1. The van der Waals surface area contributed by atoms with E-state index in [1.807, 2.05) is 26.0 Å². The van der Waals surface area contributed by atoms with E-state index in [1.54, 1.807) is 12.1 Å². The second-order valence-electron chi connectivity index (χ2n) is 4.30. The lowest BCUT2D eigenvalue weighted by atomic mass is 10.1. The number of hydrogen-bond donors (Lipinski definition) is 2. The van der Waals surface area contributed by atoms with E-state index < -0.39 is 0 Å². The second-order valence-corrected chi connectivity index (χ2v) is 4.30. The predicted molar refractivity (Wildman–Crippen MR) is 68.8 cm³/mol. The van der Waals surface area contributed by atoms with Crippen LogP contribution in [0.15, 0.2) is 35.1 Å². The highest BCUT2D eigenvalue weighted by Crippen LogP contribution is 2.18. The molecule has 17 heavy (non-hydrogen) atoms. The van der Waals surface area contributed by atoms with Gasteiger partial charge in [0.2, 0.25) is 0 Å². The molecule has 0 aliphatic heterocycles. The number of aromatic nitrogens is 2. The van der Waals surface area contributed by atoms with Gasteiger partial charge in [-0.2, -0.15) is 0 Å². The summed E-state index contributed by atoms with van der Waals surface area (Å²) in [6, 6.07) is 8.84. The minimum absolute atomic E-state index is 0.138. The van der Waals surface area contributed by atoms with Gasteiger partial charge in [0.1, 0.15) is 5.82 Å². The molecule has 1 heterocycles. The summed E-state index contributed by atoms with van der Waals surface area (Å²) in [4.78, 5) is 18.7. The van der Waals surface area contributed by atoms with Gasteiger partial charge in [-0.15, -0.1) is 0 Å². The van der Waals surface area contributed by atoms with Crippen LogP contribution in [-0.2, 0) is 0 Å². The third kappa shape index (κ3) is 2.53. The van der Waals surface area contributed by atoms with Crippen LogP contribution >= 0.6 is 0 Å². The number of anilines is 1. The molecule has 1 aromatic carbocycles. The van der Waals surface area contributed by atoms with Gasteiger partial charge in [0.15, 0.2) is 0 Å². The molecule has 0 radical (unpaired) electrons. The fourth-order valence-corrected chi connectivity index (χ4v) is 1.59. The van der Waals surface area contributed by atoms with Gasteiger partial charge in [-0.25, -0.2) is 4.98 Å². The standard InChI is InChI=1S/C13H15N3O/c1-8(2)11-7-12(17)16-13(15-11)9-4-3-5-10(14)6-9/h3-8H,14H2,1-2H3,(H,15,16,17). The summed E-state index contributed by atoms with van der Waals surface area (Å²) in [6.45, 7) is 4.01. The van der Waals surface area contributed by atoms with Crippen molar-refractivity contribution in [3.05, 3.63) is 46.4 Å². The van der Waals surface area contributed by atoms with Crippen molar-refractivity contribution < 1.29 is 0 Å². The van der Waals surface area contributed by atoms with Crippen molar-refractivity contribution in [2.45, 2.75) is 19.8 Å². The van der Waals surface area contributed by atoms with E-state index in [4.69, 9.17) is 5.73 Å². The van der Waals surface area contributed by atoms with E-state index in [2.05, 4.69) is 9.97 Å². The Hall–Kier alpha value is -2.10. The van der Waals surface area contributed by atoms with Crippen LogP contribution in [-0.4, -0.2) is 9.97 Å². The fourth-order valence-electron chi connectivity index (χ4n) is 1.59. The van der Waals surface area contributed by atoms with Crippen LogP contribution in [0.1, 0.15) is 25.5 Å². The molecule has 88 valence electrons. The number of aromatic amines is 1. The molecular weight excluding hydrogens is 214 g/mol. The molecule has 0 amide bonds. The van der Waals surface area contributed by atoms with Gasteiger partial charge in [0.25, 0.3) is 5.56 Å². The molecule has 0 bridgehead atoms. The maximum absolute atomic E-state index is 11.5. The van der Waals surface area contributed by atoms with Gasteiger partial charge in [0.05, 0.1) is 5.69 Å². The molecule has 0 fully saturated rings. The van der Waals surface area contributed by atoms with Crippen LogP contribution in [0.3, 0.4) is 0 Å². The minimum atomic E-state index is -0.138. The number of H-pyrrole nitrogens is 1. The first-order valence-electron chi connectivity index (χ1n) is 5.53. The van der Waals surface area contributed by atoms with Gasteiger partial charge in [-0.3, -0.25) is 4.79 Å². The highest BCUT2D eigenvalue weighted by Gasteiger charge is 2.06. The molecule has 0 saturated carbocycles. The van der Waals surface area contributed by atoms with Crippen molar-refractivity contribution in [3.8, 4) is 11.4 Å². The van der Waals surface area contributed by atoms with Crippen molar-refractivity contribution in [1.29, 1.82) is 0 Å². The SMILES string of the molecule is CC(C)c1cc(=O)[nH]c(-c2cccc(N)c2)n1. The number of benzene rings is 1. The number of nitrogen functional groups attached to an aromatic ring is 1. The highest BCUT2D eigenvalue weighted by molar-refractivity contribution is 5.60. The average molecular weight is 229 g/mol. The van der Waals surface area contributed by atoms with Gasteiger partial charge >= 0.3 is 0 Å². The van der Waals surface area contributed by atoms with Gasteiger partial charge in [0, 0.05) is 17.3 Å². The number of nitrogens with two attached hydrogens (primary N) is 1. The molecule has 1 aromatic heterocycles. The van der Waals surface area contributed by atoms with Crippen LogP contribution < -0.4 is 11.3 Å². The molecule has 2 aromatic rings. The number of nitrogens with one attached hydrogen (secondary N) is 1. The summed E-state index contributed by atoms with van der Waals surface area (Å²) in [5.41, 5.74) is 7.83. The molecule has 0 atom stereocenters. The molecule has 2 rings (SSSR count). The van der Waals surface area contributed by atoms with E-state index in [0.29, 0.717) is 11.5 Å². The van der Waals surface area contributed by atoms with Crippen LogP contribution in [0.25, 0.3) is 11.4 Å². The number of rotatable bonds is 2. The van der Waals surface area contributed by atoms with E-state index in [-0.39, 0.29) is 11.5 Å². The third-order valence-corrected chi connectivity index (χ3v) is 2.51. The Labute approximate surface area is 99.5 Å². The second kappa shape index (κ2) is 4.41. The lowest BCUT2D eigenvalue weighted by Crippen LogP contribution is -2.11. The number of hydrogen-bond acceptors (Lipinski definition) is 3. The first kappa shape index (κ1) is 11.4. The zero-order valence-corrected chi connectivity index (χ0v) is 9.90. The summed E-state index contributed by atoms with van der Waals surface area (Å²) in [5, 5.41) is 0. The fraction of sp³-hybridized carbons (Fsp3) is 0.231. The van der Waals surface area contributed by atoms with E-state index >= 15 is 0 Å². The summed E-state index contributed by atoms with van der Waals surface area (Å²) < 4.78 is 0. The Bertz CT molecular complexity index is 587. The Morgan fingerprint density at radius 1 is 1.29 bits per heavy atom. The quantitative estimate of drug-likeness (QED) is 0.775. The van der Waals surface area contributed by atoms with Crippen molar-refractivity contribution in [3.63, 3.8) is 0 Å². The Morgan fingerprint density at radius 3 is 2.71 bits per heavy atom. The van der Waals surface area contributed by atoms with Crippen molar-refractivity contribution >= 4 is 5.69 Å². The van der Waals surface area contributed by atoms with E-state index in [1.165, 1.54) is 6.07 Å². The topological polar surface area (TPSA) is 71.8 Å². The normalized spacial score (nSPS) is 10.8. The monoisotopic (exact) mass is 229 g/mol. The van der Waals surface area contributed by atoms with Crippen LogP contribution in [0, 0.1) is 0 Å². The third-order valence-electron chi connectivity index (χ3n) is 2.51. The average Bonchev–Trinajstić information content (AvgIpc) is 2.28. The van der Waals surface area contributed by atoms with Gasteiger partial charge in [-0.1, -0.05) is 26.0 Å². The maximum atomic E-state index is 11.5. The summed E-state index contributed by atoms with van der Waals surface area (Å²) >= 11 is 0. The van der Waals surface area contributed by atoms with Crippen molar-refractivity contribution in [2.24, 2.45) is 0 Å². The lowest BCUT2D eigenvalue weighted by molar-refractivity contribution is 0.812. The van der Waals surface area contributed by atoms with Crippen molar-refractivity contribution in [1.82, 2.24) is 9.97 Å². The van der Waals surface area contributed by atoms with Gasteiger partial charge in [-0.05, 0) is 18.1 Å². The lowest BCUT2D eigenvalue weighted by Gasteiger charge is -2.07. The Balaban J connectivity index is 2.56. The van der Waals surface area contributed by atoms with Gasteiger partial charge < -0.3 is 10.7 Å². The summed E-state index contributed by atoms with van der Waals surface area (Å²) in [6.07, 6.45) is 0. The molecule has 0 aliphatic rings. The van der Waals surface area contributed by atoms with Crippen LogP contribution in [0.4, 0.5) is 5.69 Å². The summed E-state index contributed by atoms with van der Waals surface area (Å²) in [5.74, 6) is 0.783. The Kier molecular flexibility index (Phi) is 2.95. The van der Waals surface area contributed by atoms with Crippen LogP contribution in [0.2, 0.25) is 0 Å². The van der Waals surface area contributed by atoms with Crippen molar-refractivity contribution in [2.75, 3.05) is 5.73 Å². The largest absolute Gasteiger partial charge is 0.399 e. The zero-order valence-electron chi connectivity index (χ0n) is 9.90. The molecule has 3 N–H and O–H groups in total. The van der Waals surface area contributed by atoms with E-state index in [9.17, 15) is 4.79 Å². The summed E-state index contributed by atoms with van der Waals surface area (Å²) in [7, 11) is 0. The molecule has 0 unspecified atom stereocenters. The molecule has 4 heteroatoms. The Morgan fingerprint density at radius 2 is 2.06 bits per heavy atom. The smallest absolute Gasteiger partial charge is 0.251 e. The molecule has 0 spiro atoms. The number of nitrogens with zero attached hydrogens (tertiary/aromatic N) is 1. The molecule has 4 nitrogen and oxygen atoms in total. The van der Waals surface area contributed by atoms with Crippen LogP contribution in [0.5, 0.6) is 0 Å². The van der Waals surface area contributed by atoms with E-state index in [0.717, 1.165) is 11.3 Å². The minimum Gasteiger partial charge on any atom is -0.399 e. The zero-order chi connectivity index (χ0) is 12.4. The molecular formula is C13H15N3O. The first-order valence-corrected chi connectivity index (χ1v) is 5.53. The molecule has 0 aliphatic carbocycles. The maximum Gasteiger partial charge on any atom is 0.251 e.